The van der Waals surface area contributed by atoms with Gasteiger partial charge in [0.1, 0.15) is 0 Å². The Labute approximate surface area is 146 Å². The first kappa shape index (κ1) is 16.4. The number of nitrogens with one attached hydrogen (secondary N) is 1. The van der Waals surface area contributed by atoms with Crippen molar-refractivity contribution < 1.29 is 9.53 Å². The van der Waals surface area contributed by atoms with Gasteiger partial charge in [0.25, 0.3) is 5.91 Å². The lowest BCUT2D eigenvalue weighted by Crippen LogP contribution is -2.36. The van der Waals surface area contributed by atoms with Crippen molar-refractivity contribution in [1.82, 2.24) is 0 Å². The highest BCUT2D eigenvalue weighted by atomic mass is 35.5. The summed E-state index contributed by atoms with van der Waals surface area (Å²) < 4.78 is 5.35. The van der Waals surface area contributed by atoms with Crippen molar-refractivity contribution in [1.29, 1.82) is 0 Å². The van der Waals surface area contributed by atoms with Crippen molar-refractivity contribution in [3.8, 4) is 12.3 Å². The summed E-state index contributed by atoms with van der Waals surface area (Å²) in [6.45, 7) is 3.02. The molecule has 0 unspecified atom stereocenters. The molecule has 0 aromatic heterocycles. The van der Waals surface area contributed by atoms with Crippen LogP contribution in [0, 0.1) is 12.3 Å². The molecule has 1 heterocycles. The molecule has 2 aromatic carbocycles. The van der Waals surface area contributed by atoms with E-state index in [1.807, 2.05) is 12.1 Å². The first-order valence-electron chi connectivity index (χ1n) is 7.67. The van der Waals surface area contributed by atoms with Crippen LogP contribution in [0.1, 0.15) is 15.9 Å². The van der Waals surface area contributed by atoms with E-state index >= 15 is 0 Å². The molecule has 2 aromatic rings. The average Bonchev–Trinajstić information content (AvgIpc) is 2.62. The number of amides is 1. The summed E-state index contributed by atoms with van der Waals surface area (Å²) in [5.41, 5.74) is 2.89. The fourth-order valence-electron chi connectivity index (χ4n) is 2.57. The van der Waals surface area contributed by atoms with Crippen LogP contribution in [0.4, 0.5) is 11.4 Å². The number of halogens is 1. The molecule has 24 heavy (non-hydrogen) atoms. The monoisotopic (exact) mass is 340 g/mol. The zero-order chi connectivity index (χ0) is 16.9. The van der Waals surface area contributed by atoms with Crippen molar-refractivity contribution >= 4 is 28.9 Å². The van der Waals surface area contributed by atoms with E-state index in [4.69, 9.17) is 22.8 Å². The maximum atomic E-state index is 12.3. The molecule has 4 nitrogen and oxygen atoms in total. The molecule has 0 aliphatic carbocycles. The van der Waals surface area contributed by atoms with E-state index in [9.17, 15) is 4.79 Å². The van der Waals surface area contributed by atoms with Crippen LogP contribution in [0.2, 0.25) is 5.02 Å². The largest absolute Gasteiger partial charge is 0.378 e. The van der Waals surface area contributed by atoms with Gasteiger partial charge in [-0.05, 0) is 42.5 Å². The third-order valence-electron chi connectivity index (χ3n) is 3.87. The summed E-state index contributed by atoms with van der Waals surface area (Å²) in [5, 5.41) is 3.46. The molecule has 1 amide bonds. The number of terminal acetylenes is 1. The molecule has 1 N–H and O–H groups in total. The molecule has 3 rings (SSSR count). The number of hydrogen-bond donors (Lipinski definition) is 1. The number of hydrogen-bond acceptors (Lipinski definition) is 3. The standard InChI is InChI=1S/C19H17ClN2O2/c1-2-14-3-5-15(6-4-14)19(23)21-16-7-8-18(17(20)13-16)22-9-11-24-12-10-22/h1,3-8,13H,9-12H2,(H,21,23). The highest BCUT2D eigenvalue weighted by Crippen LogP contribution is 2.29. The summed E-state index contributed by atoms with van der Waals surface area (Å²) in [6, 6.07) is 12.4. The fourth-order valence-corrected chi connectivity index (χ4v) is 2.87. The molecule has 1 aliphatic rings. The van der Waals surface area contributed by atoms with Gasteiger partial charge in [-0.15, -0.1) is 6.42 Å². The number of carbonyl (C=O) groups is 1. The minimum atomic E-state index is -0.200. The molecule has 1 fully saturated rings. The highest BCUT2D eigenvalue weighted by Gasteiger charge is 2.15. The summed E-state index contributed by atoms with van der Waals surface area (Å²) in [5.74, 6) is 2.32. The topological polar surface area (TPSA) is 41.6 Å². The first-order valence-corrected chi connectivity index (χ1v) is 8.05. The van der Waals surface area contributed by atoms with Gasteiger partial charge < -0.3 is 15.0 Å². The number of anilines is 2. The Morgan fingerprint density at radius 2 is 1.88 bits per heavy atom. The first-order chi connectivity index (χ1) is 11.7. The van der Waals surface area contributed by atoms with E-state index in [-0.39, 0.29) is 5.91 Å². The number of morpholine rings is 1. The molecule has 0 spiro atoms. The molecule has 1 aliphatic heterocycles. The third kappa shape index (κ3) is 3.70. The second-order valence-electron chi connectivity index (χ2n) is 5.44. The minimum Gasteiger partial charge on any atom is -0.378 e. The number of nitrogens with zero attached hydrogens (tertiary/aromatic N) is 1. The van der Waals surface area contributed by atoms with Crippen molar-refractivity contribution in [3.63, 3.8) is 0 Å². The third-order valence-corrected chi connectivity index (χ3v) is 4.17. The van der Waals surface area contributed by atoms with Gasteiger partial charge in [-0.2, -0.15) is 0 Å². The molecular weight excluding hydrogens is 324 g/mol. The molecule has 0 saturated carbocycles. The lowest BCUT2D eigenvalue weighted by atomic mass is 10.1. The SMILES string of the molecule is C#Cc1ccc(C(=O)Nc2ccc(N3CCOCC3)c(Cl)c2)cc1. The van der Waals surface area contributed by atoms with Crippen LogP contribution >= 0.6 is 11.6 Å². The maximum absolute atomic E-state index is 12.3. The maximum Gasteiger partial charge on any atom is 0.255 e. The molecule has 5 heteroatoms. The van der Waals surface area contributed by atoms with E-state index in [2.05, 4.69) is 16.1 Å². The average molecular weight is 341 g/mol. The van der Waals surface area contributed by atoms with Crippen LogP contribution in [-0.4, -0.2) is 32.2 Å². The van der Waals surface area contributed by atoms with E-state index in [1.165, 1.54) is 0 Å². The number of ether oxygens (including phenoxy) is 1. The van der Waals surface area contributed by atoms with Crippen LogP contribution in [0.3, 0.4) is 0 Å². The van der Waals surface area contributed by atoms with Gasteiger partial charge in [-0.3, -0.25) is 4.79 Å². The summed E-state index contributed by atoms with van der Waals surface area (Å²) in [7, 11) is 0. The highest BCUT2D eigenvalue weighted by molar-refractivity contribution is 6.33. The van der Waals surface area contributed by atoms with Gasteiger partial charge in [-0.25, -0.2) is 0 Å². The van der Waals surface area contributed by atoms with Gasteiger partial charge in [0.2, 0.25) is 0 Å². The van der Waals surface area contributed by atoms with E-state index in [0.717, 1.165) is 24.3 Å². The summed E-state index contributed by atoms with van der Waals surface area (Å²) in [6.07, 6.45) is 5.31. The summed E-state index contributed by atoms with van der Waals surface area (Å²) in [4.78, 5) is 14.5. The number of benzene rings is 2. The molecule has 0 radical (unpaired) electrons. The lowest BCUT2D eigenvalue weighted by molar-refractivity contribution is 0.102. The van der Waals surface area contributed by atoms with Crippen molar-refractivity contribution in [2.45, 2.75) is 0 Å². The molecule has 1 saturated heterocycles. The van der Waals surface area contributed by atoms with Crippen LogP contribution < -0.4 is 10.2 Å². The van der Waals surface area contributed by atoms with Crippen LogP contribution in [0.25, 0.3) is 0 Å². The zero-order valence-electron chi connectivity index (χ0n) is 13.1. The van der Waals surface area contributed by atoms with Crippen molar-refractivity contribution in [2.75, 3.05) is 36.5 Å². The normalized spacial score (nSPS) is 14.1. The quantitative estimate of drug-likeness (QED) is 0.871. The Balaban J connectivity index is 1.71. The Kier molecular flexibility index (Phi) is 5.05. The Morgan fingerprint density at radius 3 is 2.50 bits per heavy atom. The zero-order valence-corrected chi connectivity index (χ0v) is 13.8. The Bertz CT molecular complexity index is 775. The fraction of sp³-hybridized carbons (Fsp3) is 0.211. The molecule has 0 bridgehead atoms. The molecule has 0 atom stereocenters. The predicted octanol–water partition coefficient (Wildman–Crippen LogP) is 3.41. The van der Waals surface area contributed by atoms with Crippen LogP contribution in [0.15, 0.2) is 42.5 Å². The van der Waals surface area contributed by atoms with Crippen LogP contribution in [0.5, 0.6) is 0 Å². The van der Waals surface area contributed by atoms with Crippen molar-refractivity contribution in [3.05, 3.63) is 58.6 Å². The second-order valence-corrected chi connectivity index (χ2v) is 5.85. The molecule has 122 valence electrons. The van der Waals surface area contributed by atoms with Gasteiger partial charge in [0.15, 0.2) is 0 Å². The van der Waals surface area contributed by atoms with Gasteiger partial charge in [0, 0.05) is 29.9 Å². The lowest BCUT2D eigenvalue weighted by Gasteiger charge is -2.29. The minimum absolute atomic E-state index is 0.200. The van der Waals surface area contributed by atoms with Gasteiger partial charge >= 0.3 is 0 Å². The van der Waals surface area contributed by atoms with Gasteiger partial charge in [0.05, 0.1) is 23.9 Å². The number of rotatable bonds is 3. The molecular formula is C19H17ClN2O2. The van der Waals surface area contributed by atoms with Crippen molar-refractivity contribution in [2.24, 2.45) is 0 Å². The summed E-state index contributed by atoms with van der Waals surface area (Å²) >= 11 is 6.38. The van der Waals surface area contributed by atoms with E-state index in [1.54, 1.807) is 30.3 Å². The second kappa shape index (κ2) is 7.39. The predicted molar refractivity (Wildman–Crippen MR) is 96.8 cm³/mol. The Morgan fingerprint density at radius 1 is 1.17 bits per heavy atom. The van der Waals surface area contributed by atoms with E-state index in [0.29, 0.717) is 29.5 Å². The van der Waals surface area contributed by atoms with E-state index < -0.39 is 0 Å². The van der Waals surface area contributed by atoms with Crippen LogP contribution in [-0.2, 0) is 4.74 Å². The number of carbonyl (C=O) groups excluding carboxylic acids is 1. The smallest absolute Gasteiger partial charge is 0.255 e. The van der Waals surface area contributed by atoms with Gasteiger partial charge in [-0.1, -0.05) is 17.5 Å². The Hall–Kier alpha value is -2.48.